The zero-order valence-electron chi connectivity index (χ0n) is 9.38. The summed E-state index contributed by atoms with van der Waals surface area (Å²) in [5, 5.41) is 0. The molecule has 1 aromatic carbocycles. The normalized spacial score (nSPS) is 10.4. The van der Waals surface area contributed by atoms with Crippen LogP contribution in [0.1, 0.15) is 21.6 Å². The van der Waals surface area contributed by atoms with E-state index in [-0.39, 0.29) is 11.6 Å². The molecule has 0 aliphatic carbocycles. The predicted molar refractivity (Wildman–Crippen MR) is 74.2 cm³/mol. The highest BCUT2D eigenvalue weighted by atomic mass is 79.9. The fraction of sp³-hybridized carbons (Fsp3) is 0.0769. The van der Waals surface area contributed by atoms with Gasteiger partial charge in [-0.25, -0.2) is 4.39 Å². The van der Waals surface area contributed by atoms with Crippen molar-refractivity contribution in [1.29, 1.82) is 0 Å². The molecule has 0 unspecified atom stereocenters. The predicted octanol–water partition coefficient (Wildman–Crippen LogP) is 4.29. The van der Waals surface area contributed by atoms with Crippen molar-refractivity contribution < 1.29 is 9.18 Å². The zero-order valence-corrected chi connectivity index (χ0v) is 12.5. The molecule has 0 aliphatic rings. The summed E-state index contributed by atoms with van der Waals surface area (Å²) in [4.78, 5) is 16.3. The van der Waals surface area contributed by atoms with Gasteiger partial charge in [0.2, 0.25) is 5.78 Å². The standard InChI is InChI=1S/C13H8Br2FNO/c1-7-4-8(2-3-11(7)16)13(18)12-10(15)5-9(14)6-17-12/h2-6H,1H3. The number of pyridine rings is 1. The number of benzene rings is 1. The van der Waals surface area contributed by atoms with Crippen LogP contribution in [0.25, 0.3) is 0 Å². The molecule has 5 heteroatoms. The molecule has 0 atom stereocenters. The Morgan fingerprint density at radius 2 is 2.00 bits per heavy atom. The summed E-state index contributed by atoms with van der Waals surface area (Å²) in [6.45, 7) is 1.62. The minimum Gasteiger partial charge on any atom is -0.287 e. The van der Waals surface area contributed by atoms with E-state index in [1.54, 1.807) is 19.2 Å². The van der Waals surface area contributed by atoms with E-state index in [0.29, 0.717) is 21.3 Å². The number of hydrogen-bond acceptors (Lipinski definition) is 2. The average molecular weight is 373 g/mol. The van der Waals surface area contributed by atoms with Gasteiger partial charge in [-0.15, -0.1) is 0 Å². The molecule has 0 radical (unpaired) electrons. The zero-order chi connectivity index (χ0) is 13.3. The maximum atomic E-state index is 13.2. The van der Waals surface area contributed by atoms with Crippen molar-refractivity contribution in [2.75, 3.05) is 0 Å². The second kappa shape index (κ2) is 5.28. The molecule has 1 aromatic heterocycles. The lowest BCUT2D eigenvalue weighted by molar-refractivity contribution is 0.103. The van der Waals surface area contributed by atoms with Crippen LogP contribution in [-0.2, 0) is 0 Å². The van der Waals surface area contributed by atoms with Gasteiger partial charge in [0.1, 0.15) is 11.5 Å². The van der Waals surface area contributed by atoms with E-state index in [4.69, 9.17) is 0 Å². The number of carbonyl (C=O) groups is 1. The first-order valence-corrected chi connectivity index (χ1v) is 6.69. The summed E-state index contributed by atoms with van der Waals surface area (Å²) in [6, 6.07) is 6.01. The van der Waals surface area contributed by atoms with Crippen LogP contribution in [0.15, 0.2) is 39.4 Å². The van der Waals surface area contributed by atoms with E-state index < -0.39 is 0 Å². The van der Waals surface area contributed by atoms with Crippen molar-refractivity contribution in [2.45, 2.75) is 6.92 Å². The molecule has 0 spiro atoms. The summed E-state index contributed by atoms with van der Waals surface area (Å²) in [5.41, 5.74) is 1.17. The molecule has 18 heavy (non-hydrogen) atoms. The maximum Gasteiger partial charge on any atom is 0.212 e. The first-order chi connectivity index (χ1) is 8.49. The third-order valence-electron chi connectivity index (χ3n) is 2.44. The molecular formula is C13H8Br2FNO. The Bertz CT molecular complexity index is 628. The number of ketones is 1. The molecular weight excluding hydrogens is 365 g/mol. The van der Waals surface area contributed by atoms with Gasteiger partial charge in [-0.05, 0) is 68.6 Å². The first kappa shape index (κ1) is 13.4. The minimum atomic E-state index is -0.325. The highest BCUT2D eigenvalue weighted by Crippen LogP contribution is 2.22. The van der Waals surface area contributed by atoms with Crippen molar-refractivity contribution >= 4 is 37.6 Å². The van der Waals surface area contributed by atoms with E-state index in [1.807, 2.05) is 0 Å². The van der Waals surface area contributed by atoms with E-state index >= 15 is 0 Å². The van der Waals surface area contributed by atoms with Gasteiger partial charge in [0, 0.05) is 20.7 Å². The average Bonchev–Trinajstić information content (AvgIpc) is 2.32. The topological polar surface area (TPSA) is 30.0 Å². The fourth-order valence-electron chi connectivity index (χ4n) is 1.50. The molecule has 92 valence electrons. The molecule has 0 amide bonds. The smallest absolute Gasteiger partial charge is 0.212 e. The third kappa shape index (κ3) is 2.67. The minimum absolute atomic E-state index is 0.238. The van der Waals surface area contributed by atoms with Gasteiger partial charge >= 0.3 is 0 Å². The van der Waals surface area contributed by atoms with Crippen molar-refractivity contribution in [3.63, 3.8) is 0 Å². The summed E-state index contributed by atoms with van der Waals surface area (Å²) in [7, 11) is 0. The van der Waals surface area contributed by atoms with Gasteiger partial charge in [0.05, 0.1) is 0 Å². The van der Waals surface area contributed by atoms with Gasteiger partial charge in [0.25, 0.3) is 0 Å². The first-order valence-electron chi connectivity index (χ1n) is 5.11. The number of aromatic nitrogens is 1. The molecule has 0 bridgehead atoms. The number of hydrogen-bond donors (Lipinski definition) is 0. The van der Waals surface area contributed by atoms with Crippen LogP contribution < -0.4 is 0 Å². The van der Waals surface area contributed by atoms with Gasteiger partial charge in [0.15, 0.2) is 0 Å². The lowest BCUT2D eigenvalue weighted by Gasteiger charge is -2.05. The molecule has 2 rings (SSSR count). The lowest BCUT2D eigenvalue weighted by atomic mass is 10.1. The van der Waals surface area contributed by atoms with Crippen molar-refractivity contribution in [3.8, 4) is 0 Å². The lowest BCUT2D eigenvalue weighted by Crippen LogP contribution is -2.05. The van der Waals surface area contributed by atoms with E-state index in [9.17, 15) is 9.18 Å². The summed E-state index contributed by atoms with van der Waals surface area (Å²) in [6.07, 6.45) is 1.55. The number of rotatable bonds is 2. The Kier molecular flexibility index (Phi) is 3.92. The number of aryl methyl sites for hydroxylation is 1. The Morgan fingerprint density at radius 3 is 2.61 bits per heavy atom. The molecule has 2 nitrogen and oxygen atoms in total. The van der Waals surface area contributed by atoms with Crippen LogP contribution in [0.4, 0.5) is 4.39 Å². The Labute approximate surface area is 121 Å². The third-order valence-corrected chi connectivity index (χ3v) is 3.48. The van der Waals surface area contributed by atoms with E-state index in [0.717, 1.165) is 4.47 Å². The fourth-order valence-corrected chi connectivity index (χ4v) is 2.67. The summed E-state index contributed by atoms with van der Waals surface area (Å²) in [5.74, 6) is -0.563. The van der Waals surface area contributed by atoms with Crippen LogP contribution in [0.2, 0.25) is 0 Å². The molecule has 2 aromatic rings. The van der Waals surface area contributed by atoms with Crippen LogP contribution >= 0.6 is 31.9 Å². The molecule has 0 saturated carbocycles. The molecule has 0 aliphatic heterocycles. The maximum absolute atomic E-state index is 13.2. The van der Waals surface area contributed by atoms with E-state index in [1.165, 1.54) is 18.2 Å². The quantitative estimate of drug-likeness (QED) is 0.736. The largest absolute Gasteiger partial charge is 0.287 e. The summed E-state index contributed by atoms with van der Waals surface area (Å²) >= 11 is 6.56. The Morgan fingerprint density at radius 1 is 1.28 bits per heavy atom. The number of carbonyl (C=O) groups excluding carboxylic acids is 1. The van der Waals surface area contributed by atoms with Crippen LogP contribution in [0.3, 0.4) is 0 Å². The molecule has 0 fully saturated rings. The van der Waals surface area contributed by atoms with Crippen LogP contribution in [-0.4, -0.2) is 10.8 Å². The van der Waals surface area contributed by atoms with Crippen LogP contribution in [0.5, 0.6) is 0 Å². The Hall–Kier alpha value is -1.07. The highest BCUT2D eigenvalue weighted by molar-refractivity contribution is 9.11. The second-order valence-electron chi connectivity index (χ2n) is 3.78. The van der Waals surface area contributed by atoms with Gasteiger partial charge in [-0.3, -0.25) is 9.78 Å². The van der Waals surface area contributed by atoms with Gasteiger partial charge in [-0.2, -0.15) is 0 Å². The number of halogens is 3. The Balaban J connectivity index is 2.44. The second-order valence-corrected chi connectivity index (χ2v) is 5.55. The summed E-state index contributed by atoms with van der Waals surface area (Å²) < 4.78 is 14.5. The number of nitrogens with zero attached hydrogens (tertiary/aromatic N) is 1. The SMILES string of the molecule is Cc1cc(C(=O)c2ncc(Br)cc2Br)ccc1F. The van der Waals surface area contributed by atoms with Crippen molar-refractivity contribution in [3.05, 3.63) is 62.0 Å². The van der Waals surface area contributed by atoms with Crippen LogP contribution in [0, 0.1) is 12.7 Å². The van der Waals surface area contributed by atoms with Gasteiger partial charge < -0.3 is 0 Å². The molecule has 1 heterocycles. The van der Waals surface area contributed by atoms with Crippen molar-refractivity contribution in [2.24, 2.45) is 0 Å². The van der Waals surface area contributed by atoms with Crippen molar-refractivity contribution in [1.82, 2.24) is 4.98 Å². The molecule has 0 N–H and O–H groups in total. The highest BCUT2D eigenvalue weighted by Gasteiger charge is 2.15. The monoisotopic (exact) mass is 371 g/mol. The molecule has 0 saturated heterocycles. The van der Waals surface area contributed by atoms with E-state index in [2.05, 4.69) is 36.8 Å². The van der Waals surface area contributed by atoms with Gasteiger partial charge in [-0.1, -0.05) is 0 Å².